The van der Waals surface area contributed by atoms with Crippen LogP contribution in [0.1, 0.15) is 24.8 Å². The van der Waals surface area contributed by atoms with Gasteiger partial charge in [0.25, 0.3) is 0 Å². The number of nitrogens with zero attached hydrogens (tertiary/aromatic N) is 4. The van der Waals surface area contributed by atoms with E-state index in [2.05, 4.69) is 52.4 Å². The summed E-state index contributed by atoms with van der Waals surface area (Å²) in [7, 11) is 1.70. The Labute approximate surface area is 178 Å². The molecule has 1 unspecified atom stereocenters. The van der Waals surface area contributed by atoms with Crippen LogP contribution in [0.25, 0.3) is 16.9 Å². The smallest absolute Gasteiger partial charge is 0.118 e. The van der Waals surface area contributed by atoms with Crippen LogP contribution in [0.15, 0.2) is 60.8 Å². The van der Waals surface area contributed by atoms with Gasteiger partial charge in [0.2, 0.25) is 0 Å². The van der Waals surface area contributed by atoms with Crippen molar-refractivity contribution in [3.63, 3.8) is 0 Å². The summed E-state index contributed by atoms with van der Waals surface area (Å²) in [6.07, 6.45) is 6.21. The maximum atomic E-state index is 5.34. The Morgan fingerprint density at radius 3 is 2.47 bits per heavy atom. The normalized spacial score (nSPS) is 20.1. The van der Waals surface area contributed by atoms with E-state index in [0.717, 1.165) is 35.3 Å². The molecule has 3 heterocycles. The summed E-state index contributed by atoms with van der Waals surface area (Å²) in [6.45, 7) is 5.83. The first kappa shape index (κ1) is 19.3. The second kappa shape index (κ2) is 8.62. The lowest BCUT2D eigenvalue weighted by Crippen LogP contribution is -2.35. The lowest BCUT2D eigenvalue weighted by Gasteiger charge is -2.23. The Hall–Kier alpha value is -2.63. The summed E-state index contributed by atoms with van der Waals surface area (Å²) in [5.41, 5.74) is 4.57. The molecule has 2 aromatic carbocycles. The fraction of sp³-hybridized carbons (Fsp3) is 0.400. The third kappa shape index (κ3) is 4.00. The van der Waals surface area contributed by atoms with Crippen molar-refractivity contribution in [2.75, 3.05) is 33.3 Å². The van der Waals surface area contributed by atoms with E-state index in [1.54, 1.807) is 7.11 Å². The number of likely N-dealkylation sites (tertiary alicyclic amines) is 2. The van der Waals surface area contributed by atoms with E-state index in [-0.39, 0.29) is 0 Å². The molecule has 0 spiro atoms. The van der Waals surface area contributed by atoms with Gasteiger partial charge in [0.15, 0.2) is 0 Å². The Morgan fingerprint density at radius 1 is 0.967 bits per heavy atom. The number of hydrogen-bond acceptors (Lipinski definition) is 4. The van der Waals surface area contributed by atoms with Gasteiger partial charge in [-0.25, -0.2) is 4.68 Å². The molecule has 0 saturated carbocycles. The van der Waals surface area contributed by atoms with E-state index >= 15 is 0 Å². The minimum Gasteiger partial charge on any atom is -0.497 e. The largest absolute Gasteiger partial charge is 0.497 e. The molecule has 2 fully saturated rings. The summed E-state index contributed by atoms with van der Waals surface area (Å²) < 4.78 is 7.36. The van der Waals surface area contributed by atoms with Gasteiger partial charge in [-0.2, -0.15) is 5.10 Å². The van der Waals surface area contributed by atoms with Gasteiger partial charge in [0.1, 0.15) is 5.75 Å². The molecule has 5 nitrogen and oxygen atoms in total. The monoisotopic (exact) mass is 402 g/mol. The topological polar surface area (TPSA) is 33.5 Å². The summed E-state index contributed by atoms with van der Waals surface area (Å²) in [5, 5.41) is 4.98. The van der Waals surface area contributed by atoms with Crippen LogP contribution in [0, 0.1) is 0 Å². The fourth-order valence-electron chi connectivity index (χ4n) is 4.83. The van der Waals surface area contributed by atoms with Crippen LogP contribution in [-0.2, 0) is 6.54 Å². The lowest BCUT2D eigenvalue weighted by molar-refractivity contribution is 0.230. The van der Waals surface area contributed by atoms with Crippen molar-refractivity contribution in [2.24, 2.45) is 0 Å². The highest BCUT2D eigenvalue weighted by atomic mass is 16.5. The van der Waals surface area contributed by atoms with Gasteiger partial charge in [-0.15, -0.1) is 0 Å². The minimum absolute atomic E-state index is 0.723. The third-order valence-electron chi connectivity index (χ3n) is 6.47. The van der Waals surface area contributed by atoms with Gasteiger partial charge in [0.05, 0.1) is 18.5 Å². The average Bonchev–Trinajstić information content (AvgIpc) is 3.56. The highest BCUT2D eigenvalue weighted by molar-refractivity contribution is 5.64. The first-order chi connectivity index (χ1) is 14.8. The molecule has 2 aliphatic heterocycles. The minimum atomic E-state index is 0.723. The molecule has 30 heavy (non-hydrogen) atoms. The third-order valence-corrected chi connectivity index (χ3v) is 6.47. The molecule has 1 atom stereocenters. The Kier molecular flexibility index (Phi) is 5.56. The maximum Gasteiger partial charge on any atom is 0.118 e. The number of aromatic nitrogens is 2. The molecule has 2 saturated heterocycles. The molecule has 2 aliphatic rings. The van der Waals surface area contributed by atoms with Crippen LogP contribution in [0.5, 0.6) is 5.75 Å². The maximum absolute atomic E-state index is 5.34. The van der Waals surface area contributed by atoms with Gasteiger partial charge >= 0.3 is 0 Å². The molecule has 1 aromatic heterocycles. The number of rotatable bonds is 6. The number of methoxy groups -OCH3 is 1. The molecule has 5 heteroatoms. The van der Waals surface area contributed by atoms with Crippen LogP contribution in [0.4, 0.5) is 0 Å². The van der Waals surface area contributed by atoms with E-state index in [1.807, 2.05) is 22.9 Å². The van der Waals surface area contributed by atoms with E-state index < -0.39 is 0 Å². The standard InChI is InChI=1S/C25H30N4O/c1-30-24-11-9-20(10-12-24)25-21(18-29(26-25)22-7-3-2-4-8-22)17-27-16-13-23(19-27)28-14-5-6-15-28/h2-4,7-12,18,23H,5-6,13-17,19H2,1H3. The van der Waals surface area contributed by atoms with Crippen LogP contribution in [-0.4, -0.2) is 58.9 Å². The highest BCUT2D eigenvalue weighted by Gasteiger charge is 2.30. The quantitative estimate of drug-likeness (QED) is 0.618. The first-order valence-electron chi connectivity index (χ1n) is 11.0. The van der Waals surface area contributed by atoms with Crippen LogP contribution in [0.3, 0.4) is 0 Å². The molecular formula is C25H30N4O. The van der Waals surface area contributed by atoms with Crippen molar-refractivity contribution in [1.29, 1.82) is 0 Å². The second-order valence-corrected chi connectivity index (χ2v) is 8.43. The van der Waals surface area contributed by atoms with Gasteiger partial charge in [-0.3, -0.25) is 9.80 Å². The molecule has 3 aromatic rings. The zero-order chi connectivity index (χ0) is 20.3. The van der Waals surface area contributed by atoms with Crippen molar-refractivity contribution in [1.82, 2.24) is 19.6 Å². The Balaban J connectivity index is 1.41. The van der Waals surface area contributed by atoms with E-state index in [0.29, 0.717) is 0 Å². The summed E-state index contributed by atoms with van der Waals surface area (Å²) in [6, 6.07) is 19.3. The summed E-state index contributed by atoms with van der Waals surface area (Å²) >= 11 is 0. The Bertz CT molecular complexity index is 961. The zero-order valence-corrected chi connectivity index (χ0v) is 17.7. The van der Waals surface area contributed by atoms with Gasteiger partial charge in [-0.1, -0.05) is 18.2 Å². The van der Waals surface area contributed by atoms with Crippen molar-refractivity contribution >= 4 is 0 Å². The number of benzene rings is 2. The van der Waals surface area contributed by atoms with Gasteiger partial charge < -0.3 is 4.74 Å². The highest BCUT2D eigenvalue weighted by Crippen LogP contribution is 2.29. The molecule has 0 aliphatic carbocycles. The molecule has 0 N–H and O–H groups in total. The molecule has 5 rings (SSSR count). The number of para-hydroxylation sites is 1. The molecule has 0 radical (unpaired) electrons. The SMILES string of the molecule is COc1ccc(-c2nn(-c3ccccc3)cc2CN2CCC(N3CCCC3)C2)cc1. The van der Waals surface area contributed by atoms with Crippen LogP contribution in [0.2, 0.25) is 0 Å². The van der Waals surface area contributed by atoms with E-state index in [4.69, 9.17) is 9.84 Å². The summed E-state index contributed by atoms with van der Waals surface area (Å²) in [5.74, 6) is 0.871. The number of hydrogen-bond donors (Lipinski definition) is 0. The Morgan fingerprint density at radius 2 is 1.73 bits per heavy atom. The molecule has 156 valence electrons. The van der Waals surface area contributed by atoms with Gasteiger partial charge in [0, 0.05) is 43.0 Å². The second-order valence-electron chi connectivity index (χ2n) is 8.43. The fourth-order valence-corrected chi connectivity index (χ4v) is 4.83. The average molecular weight is 403 g/mol. The molecule has 0 bridgehead atoms. The van der Waals surface area contributed by atoms with Crippen molar-refractivity contribution in [3.8, 4) is 22.7 Å². The van der Waals surface area contributed by atoms with E-state index in [9.17, 15) is 0 Å². The predicted molar refractivity (Wildman–Crippen MR) is 120 cm³/mol. The zero-order valence-electron chi connectivity index (χ0n) is 17.7. The summed E-state index contributed by atoms with van der Waals surface area (Å²) in [4.78, 5) is 5.29. The van der Waals surface area contributed by atoms with Crippen LogP contribution < -0.4 is 4.74 Å². The van der Waals surface area contributed by atoms with Crippen molar-refractivity contribution in [2.45, 2.75) is 31.8 Å². The van der Waals surface area contributed by atoms with Crippen LogP contribution >= 0.6 is 0 Å². The van der Waals surface area contributed by atoms with Gasteiger partial charge in [-0.05, 0) is 68.8 Å². The lowest BCUT2D eigenvalue weighted by atomic mass is 10.1. The van der Waals surface area contributed by atoms with Crippen molar-refractivity contribution in [3.05, 3.63) is 66.4 Å². The number of ether oxygens (including phenoxy) is 1. The predicted octanol–water partition coefficient (Wildman–Crippen LogP) is 4.22. The molecule has 0 amide bonds. The first-order valence-corrected chi connectivity index (χ1v) is 11.0. The van der Waals surface area contributed by atoms with E-state index in [1.165, 1.54) is 51.0 Å². The molecular weight excluding hydrogens is 372 g/mol. The van der Waals surface area contributed by atoms with Crippen molar-refractivity contribution < 1.29 is 4.74 Å².